The van der Waals surface area contributed by atoms with Crippen LogP contribution in [0, 0.1) is 5.41 Å². The van der Waals surface area contributed by atoms with Crippen molar-refractivity contribution in [2.24, 2.45) is 5.41 Å². The van der Waals surface area contributed by atoms with Crippen LogP contribution in [0.1, 0.15) is 44.7 Å². The van der Waals surface area contributed by atoms with Crippen LogP contribution >= 0.6 is 11.3 Å². The van der Waals surface area contributed by atoms with E-state index in [1.165, 1.54) is 37.8 Å². The molecular weight excluding hydrogens is 254 g/mol. The Bertz CT molecular complexity index is 508. The molecule has 0 radical (unpaired) electrons. The first-order chi connectivity index (χ1) is 9.27. The predicted molar refractivity (Wildman–Crippen MR) is 80.8 cm³/mol. The van der Waals surface area contributed by atoms with Crippen molar-refractivity contribution >= 4 is 16.3 Å². The van der Waals surface area contributed by atoms with Crippen LogP contribution in [0.4, 0.5) is 0 Å². The van der Waals surface area contributed by atoms with E-state index in [-0.39, 0.29) is 0 Å². The van der Waals surface area contributed by atoms with Gasteiger partial charge in [-0.05, 0) is 31.7 Å². The van der Waals surface area contributed by atoms with Crippen molar-refractivity contribution in [3.05, 3.63) is 23.5 Å². The van der Waals surface area contributed by atoms with Gasteiger partial charge in [0.1, 0.15) is 0 Å². The number of nitrogens with zero attached hydrogens (tertiary/aromatic N) is 2. The molecule has 0 aliphatic heterocycles. The van der Waals surface area contributed by atoms with Crippen LogP contribution in [0.2, 0.25) is 0 Å². The van der Waals surface area contributed by atoms with Crippen molar-refractivity contribution in [3.63, 3.8) is 0 Å². The molecule has 0 spiro atoms. The first kappa shape index (κ1) is 13.1. The second kappa shape index (κ2) is 5.25. The highest BCUT2D eigenvalue weighted by Crippen LogP contribution is 2.44. The van der Waals surface area contributed by atoms with Gasteiger partial charge < -0.3 is 5.32 Å². The highest BCUT2D eigenvalue weighted by Gasteiger charge is 2.39. The van der Waals surface area contributed by atoms with E-state index in [4.69, 9.17) is 4.98 Å². The normalized spacial score (nSPS) is 20.1. The third-order valence-electron chi connectivity index (χ3n) is 4.95. The quantitative estimate of drug-likeness (QED) is 0.906. The van der Waals surface area contributed by atoms with E-state index >= 15 is 0 Å². The van der Waals surface area contributed by atoms with E-state index in [2.05, 4.69) is 41.5 Å². The number of nitrogens with one attached hydrogen (secondary N) is 1. The molecule has 104 valence electrons. The van der Waals surface area contributed by atoms with Crippen molar-refractivity contribution in [2.75, 3.05) is 7.05 Å². The second-order valence-corrected chi connectivity index (χ2v) is 6.67. The minimum Gasteiger partial charge on any atom is -0.316 e. The maximum atomic E-state index is 4.74. The monoisotopic (exact) mass is 277 g/mol. The van der Waals surface area contributed by atoms with Gasteiger partial charge in [0.15, 0.2) is 4.96 Å². The summed E-state index contributed by atoms with van der Waals surface area (Å²) < 4.78 is 2.14. The molecule has 1 N–H and O–H groups in total. The van der Waals surface area contributed by atoms with Gasteiger partial charge in [0.2, 0.25) is 0 Å². The van der Waals surface area contributed by atoms with Crippen LogP contribution in [0.25, 0.3) is 4.96 Å². The van der Waals surface area contributed by atoms with E-state index < -0.39 is 0 Å². The fourth-order valence-corrected chi connectivity index (χ4v) is 4.45. The molecule has 0 amide bonds. The highest BCUT2D eigenvalue weighted by atomic mass is 32.1. The molecule has 1 saturated carbocycles. The summed E-state index contributed by atoms with van der Waals surface area (Å²) in [4.78, 5) is 5.85. The molecule has 0 bridgehead atoms. The van der Waals surface area contributed by atoms with Crippen molar-refractivity contribution in [3.8, 4) is 0 Å². The smallest absolute Gasteiger partial charge is 0.193 e. The molecule has 1 atom stereocenters. The number of aromatic nitrogens is 2. The van der Waals surface area contributed by atoms with Crippen LogP contribution in [0.3, 0.4) is 0 Å². The number of fused-ring (bicyclic) bond motifs is 1. The first-order valence-electron chi connectivity index (χ1n) is 7.36. The Morgan fingerprint density at radius 1 is 1.47 bits per heavy atom. The topological polar surface area (TPSA) is 29.3 Å². The standard InChI is InChI=1S/C15H23N3S/c1-3-15(6-4-5-7-15)13(16-2)10-12-11-18-8-9-19-14(18)17-12/h8-9,11,13,16H,3-7,10H2,1-2H3. The van der Waals surface area contributed by atoms with Gasteiger partial charge in [-0.2, -0.15) is 0 Å². The number of likely N-dealkylation sites (N-methyl/N-ethyl adjacent to an activating group) is 1. The van der Waals surface area contributed by atoms with Crippen LogP contribution in [-0.4, -0.2) is 22.5 Å². The van der Waals surface area contributed by atoms with Crippen LogP contribution < -0.4 is 5.32 Å². The fraction of sp³-hybridized carbons (Fsp3) is 0.667. The zero-order valence-corrected chi connectivity index (χ0v) is 12.7. The van der Waals surface area contributed by atoms with Crippen molar-refractivity contribution < 1.29 is 0 Å². The van der Waals surface area contributed by atoms with E-state index in [0.29, 0.717) is 11.5 Å². The second-order valence-electron chi connectivity index (χ2n) is 5.79. The molecule has 1 fully saturated rings. The third kappa shape index (κ3) is 2.32. The molecule has 2 aromatic heterocycles. The number of imidazole rings is 1. The summed E-state index contributed by atoms with van der Waals surface area (Å²) >= 11 is 1.71. The number of thiazole rings is 1. The molecular formula is C15H23N3S. The molecule has 3 nitrogen and oxygen atoms in total. The van der Waals surface area contributed by atoms with E-state index in [1.54, 1.807) is 11.3 Å². The van der Waals surface area contributed by atoms with Crippen molar-refractivity contribution in [2.45, 2.75) is 51.5 Å². The fourth-order valence-electron chi connectivity index (χ4n) is 3.74. The summed E-state index contributed by atoms with van der Waals surface area (Å²) in [6.45, 7) is 2.35. The van der Waals surface area contributed by atoms with E-state index in [9.17, 15) is 0 Å². The molecule has 19 heavy (non-hydrogen) atoms. The maximum Gasteiger partial charge on any atom is 0.193 e. The lowest BCUT2D eigenvalue weighted by Gasteiger charge is -2.36. The molecule has 1 unspecified atom stereocenters. The van der Waals surface area contributed by atoms with Gasteiger partial charge in [0, 0.05) is 30.2 Å². The van der Waals surface area contributed by atoms with Gasteiger partial charge in [-0.25, -0.2) is 4.98 Å². The molecule has 3 rings (SSSR count). The van der Waals surface area contributed by atoms with Crippen LogP contribution in [0.5, 0.6) is 0 Å². The largest absolute Gasteiger partial charge is 0.316 e. The van der Waals surface area contributed by atoms with Gasteiger partial charge in [-0.1, -0.05) is 19.8 Å². The Hall–Kier alpha value is -0.870. The summed E-state index contributed by atoms with van der Waals surface area (Å²) in [6.07, 6.45) is 12.1. The third-order valence-corrected chi connectivity index (χ3v) is 5.72. The lowest BCUT2D eigenvalue weighted by molar-refractivity contribution is 0.191. The van der Waals surface area contributed by atoms with Gasteiger partial charge in [0.25, 0.3) is 0 Å². The maximum absolute atomic E-state index is 4.74. The van der Waals surface area contributed by atoms with Gasteiger partial charge in [-0.15, -0.1) is 11.3 Å². The molecule has 0 aromatic carbocycles. The summed E-state index contributed by atoms with van der Waals surface area (Å²) in [7, 11) is 2.11. The van der Waals surface area contributed by atoms with Crippen molar-refractivity contribution in [1.29, 1.82) is 0 Å². The number of hydrogen-bond acceptors (Lipinski definition) is 3. The number of hydrogen-bond donors (Lipinski definition) is 1. The Morgan fingerprint density at radius 3 is 2.89 bits per heavy atom. The Kier molecular flexibility index (Phi) is 3.63. The minimum atomic E-state index is 0.492. The van der Waals surface area contributed by atoms with Gasteiger partial charge in [-0.3, -0.25) is 4.40 Å². The Morgan fingerprint density at radius 2 is 2.26 bits per heavy atom. The lowest BCUT2D eigenvalue weighted by atomic mass is 9.74. The van der Waals surface area contributed by atoms with Crippen LogP contribution in [-0.2, 0) is 6.42 Å². The summed E-state index contributed by atoms with van der Waals surface area (Å²) in [5.74, 6) is 0. The zero-order valence-electron chi connectivity index (χ0n) is 11.9. The van der Waals surface area contributed by atoms with E-state index in [1.807, 2.05) is 0 Å². The molecule has 1 aliphatic rings. The summed E-state index contributed by atoms with van der Waals surface area (Å²) in [6, 6.07) is 0.560. The average molecular weight is 277 g/mol. The molecule has 1 aliphatic carbocycles. The summed E-state index contributed by atoms with van der Waals surface area (Å²) in [5, 5.41) is 5.66. The van der Waals surface area contributed by atoms with Crippen LogP contribution in [0.15, 0.2) is 17.8 Å². The molecule has 4 heteroatoms. The lowest BCUT2D eigenvalue weighted by Crippen LogP contribution is -2.43. The van der Waals surface area contributed by atoms with Crippen molar-refractivity contribution in [1.82, 2.24) is 14.7 Å². The molecule has 0 saturated heterocycles. The zero-order chi connectivity index (χ0) is 13.3. The Balaban J connectivity index is 1.80. The first-order valence-corrected chi connectivity index (χ1v) is 8.24. The van der Waals surface area contributed by atoms with E-state index in [0.717, 1.165) is 11.4 Å². The molecule has 2 heterocycles. The summed E-state index contributed by atoms with van der Waals surface area (Å²) in [5.41, 5.74) is 1.72. The predicted octanol–water partition coefficient (Wildman–Crippen LogP) is 3.50. The van der Waals surface area contributed by atoms with Gasteiger partial charge >= 0.3 is 0 Å². The number of rotatable bonds is 5. The minimum absolute atomic E-state index is 0.492. The Labute approximate surface area is 119 Å². The SMILES string of the molecule is CCC1(C(Cc2cn3ccsc3n2)NC)CCCC1. The highest BCUT2D eigenvalue weighted by molar-refractivity contribution is 7.15. The molecule has 2 aromatic rings. The average Bonchev–Trinajstić information content (AvgIpc) is 3.11. The van der Waals surface area contributed by atoms with Gasteiger partial charge in [0.05, 0.1) is 5.69 Å².